The smallest absolute Gasteiger partial charge is 0.249 e. The van der Waals surface area contributed by atoms with Gasteiger partial charge in [-0.15, -0.1) is 0 Å². The standard InChI is InChI=1S/C9H15N3O4S/c1-4-7(9-10-6(2)12-16-9)11-8(13)5-17(3,14)15/h7H,4-5H2,1-3H3,(H,11,13)/t7-/m1/s1. The van der Waals surface area contributed by atoms with Crippen LogP contribution < -0.4 is 5.32 Å². The summed E-state index contributed by atoms with van der Waals surface area (Å²) in [6, 6.07) is -0.453. The molecule has 0 fully saturated rings. The maximum Gasteiger partial charge on any atom is 0.249 e. The molecule has 1 rings (SSSR count). The molecule has 0 saturated carbocycles. The quantitative estimate of drug-likeness (QED) is 0.799. The van der Waals surface area contributed by atoms with Crippen molar-refractivity contribution in [2.75, 3.05) is 12.0 Å². The Morgan fingerprint density at radius 2 is 2.18 bits per heavy atom. The number of rotatable bonds is 5. The molecule has 0 unspecified atom stereocenters. The number of hydrogen-bond acceptors (Lipinski definition) is 6. The van der Waals surface area contributed by atoms with Crippen molar-refractivity contribution in [2.45, 2.75) is 26.3 Å². The molecule has 8 heteroatoms. The summed E-state index contributed by atoms with van der Waals surface area (Å²) >= 11 is 0. The number of sulfone groups is 1. The highest BCUT2D eigenvalue weighted by Gasteiger charge is 2.20. The molecule has 0 aliphatic carbocycles. The fourth-order valence-electron chi connectivity index (χ4n) is 1.27. The minimum Gasteiger partial charge on any atom is -0.343 e. The second-order valence-electron chi connectivity index (χ2n) is 3.78. The first-order chi connectivity index (χ1) is 7.81. The van der Waals surface area contributed by atoms with Gasteiger partial charge in [-0.05, 0) is 13.3 Å². The van der Waals surface area contributed by atoms with Gasteiger partial charge in [-0.2, -0.15) is 4.98 Å². The highest BCUT2D eigenvalue weighted by molar-refractivity contribution is 7.91. The second-order valence-corrected chi connectivity index (χ2v) is 5.92. The number of nitrogens with zero attached hydrogens (tertiary/aromatic N) is 2. The van der Waals surface area contributed by atoms with Gasteiger partial charge in [0.05, 0.1) is 0 Å². The van der Waals surface area contributed by atoms with E-state index >= 15 is 0 Å². The average Bonchev–Trinajstić information content (AvgIpc) is 2.58. The van der Waals surface area contributed by atoms with Crippen molar-refractivity contribution < 1.29 is 17.7 Å². The van der Waals surface area contributed by atoms with Crippen molar-refractivity contribution in [1.29, 1.82) is 0 Å². The zero-order valence-corrected chi connectivity index (χ0v) is 10.7. The summed E-state index contributed by atoms with van der Waals surface area (Å²) < 4.78 is 26.8. The van der Waals surface area contributed by atoms with Gasteiger partial charge in [-0.3, -0.25) is 4.79 Å². The van der Waals surface area contributed by atoms with Gasteiger partial charge in [0.2, 0.25) is 11.8 Å². The molecule has 0 aliphatic heterocycles. The van der Waals surface area contributed by atoms with Crippen molar-refractivity contribution in [3.8, 4) is 0 Å². The number of carbonyl (C=O) groups excluding carboxylic acids is 1. The second kappa shape index (κ2) is 5.26. The van der Waals surface area contributed by atoms with E-state index in [0.29, 0.717) is 12.2 Å². The van der Waals surface area contributed by atoms with Gasteiger partial charge < -0.3 is 9.84 Å². The molecule has 1 amide bonds. The van der Waals surface area contributed by atoms with Crippen LogP contribution in [0.15, 0.2) is 4.52 Å². The summed E-state index contributed by atoms with van der Waals surface area (Å²) in [5, 5.41) is 6.15. The van der Waals surface area contributed by atoms with Gasteiger partial charge in [-0.25, -0.2) is 8.42 Å². The van der Waals surface area contributed by atoms with Crippen LogP contribution in [-0.2, 0) is 14.6 Å². The Balaban J connectivity index is 2.68. The van der Waals surface area contributed by atoms with Crippen molar-refractivity contribution in [1.82, 2.24) is 15.5 Å². The lowest BCUT2D eigenvalue weighted by molar-refractivity contribution is -0.119. The fourth-order valence-corrected chi connectivity index (χ4v) is 1.83. The lowest BCUT2D eigenvalue weighted by Crippen LogP contribution is -2.33. The Labute approximate surface area is 99.5 Å². The fraction of sp³-hybridized carbons (Fsp3) is 0.667. The van der Waals surface area contributed by atoms with Crippen LogP contribution in [-0.4, -0.2) is 36.5 Å². The lowest BCUT2D eigenvalue weighted by atomic mass is 10.2. The number of hydrogen-bond donors (Lipinski definition) is 1. The summed E-state index contributed by atoms with van der Waals surface area (Å²) in [4.78, 5) is 15.4. The van der Waals surface area contributed by atoms with Gasteiger partial charge >= 0.3 is 0 Å². The molecule has 96 valence electrons. The Hall–Kier alpha value is -1.44. The van der Waals surface area contributed by atoms with Gasteiger partial charge in [0.15, 0.2) is 15.7 Å². The van der Waals surface area contributed by atoms with Gasteiger partial charge in [0.1, 0.15) is 11.8 Å². The maximum absolute atomic E-state index is 11.4. The number of carbonyl (C=O) groups is 1. The Bertz CT molecular complexity index is 494. The van der Waals surface area contributed by atoms with Crippen molar-refractivity contribution in [2.24, 2.45) is 0 Å². The molecule has 0 bridgehead atoms. The number of aromatic nitrogens is 2. The van der Waals surface area contributed by atoms with Crippen molar-refractivity contribution >= 4 is 15.7 Å². The molecule has 7 nitrogen and oxygen atoms in total. The summed E-state index contributed by atoms with van der Waals surface area (Å²) in [7, 11) is -3.33. The van der Waals surface area contributed by atoms with Crippen LogP contribution in [0.25, 0.3) is 0 Å². The SMILES string of the molecule is CC[C@@H](NC(=O)CS(C)(=O)=O)c1nc(C)no1. The molecular formula is C9H15N3O4S. The van der Waals surface area contributed by atoms with Crippen LogP contribution in [0, 0.1) is 6.92 Å². The third kappa shape index (κ3) is 4.51. The highest BCUT2D eigenvalue weighted by atomic mass is 32.2. The lowest BCUT2D eigenvalue weighted by Gasteiger charge is -2.11. The summed E-state index contributed by atoms with van der Waals surface area (Å²) in [5.74, 6) is -0.366. The molecule has 1 aromatic rings. The Morgan fingerprint density at radius 1 is 1.53 bits per heavy atom. The first-order valence-corrected chi connectivity index (χ1v) is 7.15. The van der Waals surface area contributed by atoms with Crippen LogP contribution in [0.4, 0.5) is 0 Å². The summed E-state index contributed by atoms with van der Waals surface area (Å²) in [5.41, 5.74) is 0. The third-order valence-electron chi connectivity index (χ3n) is 1.98. The maximum atomic E-state index is 11.4. The van der Waals surface area contributed by atoms with E-state index in [1.54, 1.807) is 6.92 Å². The normalized spacial score (nSPS) is 13.4. The highest BCUT2D eigenvalue weighted by Crippen LogP contribution is 2.13. The summed E-state index contributed by atoms with van der Waals surface area (Å²) in [6.45, 7) is 3.49. The van der Waals surface area contributed by atoms with Crippen LogP contribution in [0.2, 0.25) is 0 Å². The zero-order chi connectivity index (χ0) is 13.1. The first kappa shape index (κ1) is 13.6. The molecule has 1 atom stereocenters. The van der Waals surface area contributed by atoms with E-state index in [-0.39, 0.29) is 5.89 Å². The number of aryl methyl sites for hydroxylation is 1. The molecule has 1 heterocycles. The molecule has 0 aliphatic rings. The molecule has 0 saturated heterocycles. The average molecular weight is 261 g/mol. The zero-order valence-electron chi connectivity index (χ0n) is 9.93. The van der Waals surface area contributed by atoms with E-state index in [1.807, 2.05) is 6.92 Å². The molecule has 0 spiro atoms. The van der Waals surface area contributed by atoms with Crippen molar-refractivity contribution in [3.05, 3.63) is 11.7 Å². The minimum absolute atomic E-state index is 0.284. The minimum atomic E-state index is -3.33. The molecule has 1 aromatic heterocycles. The Kier molecular flexibility index (Phi) is 4.22. The van der Waals surface area contributed by atoms with Gasteiger partial charge in [0.25, 0.3) is 0 Å². The van der Waals surface area contributed by atoms with Gasteiger partial charge in [-0.1, -0.05) is 12.1 Å². The number of amides is 1. The van der Waals surface area contributed by atoms with E-state index in [2.05, 4.69) is 15.5 Å². The van der Waals surface area contributed by atoms with Crippen molar-refractivity contribution in [3.63, 3.8) is 0 Å². The topological polar surface area (TPSA) is 102 Å². The van der Waals surface area contributed by atoms with E-state index in [9.17, 15) is 13.2 Å². The van der Waals surface area contributed by atoms with Crippen LogP contribution in [0.1, 0.15) is 31.1 Å². The Morgan fingerprint density at radius 3 is 2.59 bits per heavy atom. The summed E-state index contributed by atoms with van der Waals surface area (Å²) in [6.07, 6.45) is 1.54. The third-order valence-corrected chi connectivity index (χ3v) is 2.76. The molecule has 1 N–H and O–H groups in total. The number of nitrogens with one attached hydrogen (secondary N) is 1. The van der Waals surface area contributed by atoms with E-state index in [0.717, 1.165) is 6.26 Å². The van der Waals surface area contributed by atoms with Crippen LogP contribution in [0.5, 0.6) is 0 Å². The van der Waals surface area contributed by atoms with E-state index in [1.165, 1.54) is 0 Å². The molecule has 0 radical (unpaired) electrons. The molecule has 17 heavy (non-hydrogen) atoms. The first-order valence-electron chi connectivity index (χ1n) is 5.09. The molecular weight excluding hydrogens is 246 g/mol. The van der Waals surface area contributed by atoms with E-state index in [4.69, 9.17) is 4.52 Å². The largest absolute Gasteiger partial charge is 0.343 e. The van der Waals surface area contributed by atoms with Crippen LogP contribution >= 0.6 is 0 Å². The van der Waals surface area contributed by atoms with E-state index < -0.39 is 27.5 Å². The predicted molar refractivity (Wildman–Crippen MR) is 59.9 cm³/mol. The molecule has 0 aromatic carbocycles. The monoisotopic (exact) mass is 261 g/mol. The van der Waals surface area contributed by atoms with Crippen LogP contribution in [0.3, 0.4) is 0 Å². The van der Waals surface area contributed by atoms with Gasteiger partial charge in [0, 0.05) is 6.26 Å². The predicted octanol–water partition coefficient (Wildman–Crippen LogP) is -0.0101.